The minimum absolute atomic E-state index is 0.261. The molecule has 0 aliphatic rings. The highest BCUT2D eigenvalue weighted by Gasteiger charge is 1.97. The molecule has 0 aromatic heterocycles. The lowest BCUT2D eigenvalue weighted by Gasteiger charge is -2.05. The summed E-state index contributed by atoms with van der Waals surface area (Å²) in [4.78, 5) is 11.1. The molecule has 0 saturated carbocycles. The number of carbonyl (C=O) groups is 1. The number of ether oxygens (including phenoxy) is 2. The van der Waals surface area contributed by atoms with E-state index in [-0.39, 0.29) is 12.6 Å². The van der Waals surface area contributed by atoms with E-state index in [1.54, 1.807) is 0 Å². The summed E-state index contributed by atoms with van der Waals surface area (Å²) in [6.45, 7) is 4.33. The van der Waals surface area contributed by atoms with Crippen molar-refractivity contribution in [2.24, 2.45) is 0 Å². The quantitative estimate of drug-likeness (QED) is 0.434. The van der Waals surface area contributed by atoms with E-state index in [2.05, 4.69) is 0 Å². The van der Waals surface area contributed by atoms with Crippen molar-refractivity contribution >= 4 is 5.97 Å². The van der Waals surface area contributed by atoms with Gasteiger partial charge >= 0.3 is 5.97 Å². The first-order chi connectivity index (χ1) is 7.68. The molecular formula is C13H16O3. The Morgan fingerprint density at radius 3 is 2.50 bits per heavy atom. The molecular weight excluding hydrogens is 204 g/mol. The topological polar surface area (TPSA) is 35.5 Å². The lowest BCUT2D eigenvalue weighted by atomic mass is 10.3. The van der Waals surface area contributed by atoms with E-state index in [4.69, 9.17) is 9.47 Å². The highest BCUT2D eigenvalue weighted by atomic mass is 16.6. The van der Waals surface area contributed by atoms with Gasteiger partial charge in [0.05, 0.1) is 0 Å². The van der Waals surface area contributed by atoms with Crippen molar-refractivity contribution in [3.05, 3.63) is 42.0 Å². The highest BCUT2D eigenvalue weighted by Crippen LogP contribution is 2.07. The Hall–Kier alpha value is -1.77. The van der Waals surface area contributed by atoms with Gasteiger partial charge in [-0.15, -0.1) is 0 Å². The van der Waals surface area contributed by atoms with Crippen LogP contribution in [0.15, 0.2) is 42.0 Å². The Labute approximate surface area is 95.7 Å². The predicted octanol–water partition coefficient (Wildman–Crippen LogP) is 2.57. The zero-order chi connectivity index (χ0) is 11.8. The molecule has 0 amide bonds. The van der Waals surface area contributed by atoms with Crippen molar-refractivity contribution in [1.29, 1.82) is 0 Å². The molecule has 1 rings (SSSR count). The largest absolute Gasteiger partial charge is 0.490 e. The first-order valence-corrected chi connectivity index (χ1v) is 5.18. The van der Waals surface area contributed by atoms with Gasteiger partial charge in [0.2, 0.25) is 0 Å². The van der Waals surface area contributed by atoms with Gasteiger partial charge < -0.3 is 9.47 Å². The van der Waals surface area contributed by atoms with E-state index in [1.165, 1.54) is 6.08 Å². The standard InChI is InChI=1S/C13H16O3/c1-11(2)10-13(14)16-9-8-15-12-6-4-3-5-7-12/h3-7,10H,8-9H2,1-2H3. The summed E-state index contributed by atoms with van der Waals surface area (Å²) >= 11 is 0. The van der Waals surface area contributed by atoms with Gasteiger partial charge in [-0.25, -0.2) is 4.79 Å². The van der Waals surface area contributed by atoms with Crippen LogP contribution >= 0.6 is 0 Å². The first-order valence-electron chi connectivity index (χ1n) is 5.18. The number of rotatable bonds is 5. The van der Waals surface area contributed by atoms with E-state index in [1.807, 2.05) is 44.2 Å². The van der Waals surface area contributed by atoms with E-state index < -0.39 is 0 Å². The summed E-state index contributed by atoms with van der Waals surface area (Å²) < 4.78 is 10.3. The molecule has 0 aliphatic carbocycles. The summed E-state index contributed by atoms with van der Waals surface area (Å²) in [5.74, 6) is 0.456. The van der Waals surface area contributed by atoms with Gasteiger partial charge in [-0.1, -0.05) is 23.8 Å². The maximum atomic E-state index is 11.1. The van der Waals surface area contributed by atoms with Crippen LogP contribution in [0.25, 0.3) is 0 Å². The van der Waals surface area contributed by atoms with Crippen LogP contribution in [0.1, 0.15) is 13.8 Å². The Morgan fingerprint density at radius 2 is 1.88 bits per heavy atom. The van der Waals surface area contributed by atoms with Gasteiger partial charge in [-0.2, -0.15) is 0 Å². The Morgan fingerprint density at radius 1 is 1.19 bits per heavy atom. The smallest absolute Gasteiger partial charge is 0.330 e. The molecule has 0 radical (unpaired) electrons. The van der Waals surface area contributed by atoms with E-state index >= 15 is 0 Å². The summed E-state index contributed by atoms with van der Waals surface area (Å²) in [5.41, 5.74) is 0.925. The monoisotopic (exact) mass is 220 g/mol. The maximum Gasteiger partial charge on any atom is 0.330 e. The summed E-state index contributed by atoms with van der Waals surface area (Å²) in [6.07, 6.45) is 1.46. The maximum absolute atomic E-state index is 11.1. The fraction of sp³-hybridized carbons (Fsp3) is 0.308. The van der Waals surface area contributed by atoms with Crippen LogP contribution < -0.4 is 4.74 Å². The Balaban J connectivity index is 2.18. The summed E-state index contributed by atoms with van der Waals surface area (Å²) in [6, 6.07) is 9.42. The lowest BCUT2D eigenvalue weighted by molar-refractivity contribution is -0.138. The molecule has 3 heteroatoms. The number of hydrogen-bond acceptors (Lipinski definition) is 3. The van der Waals surface area contributed by atoms with Crippen LogP contribution in [0.3, 0.4) is 0 Å². The van der Waals surface area contributed by atoms with Crippen LogP contribution in [-0.4, -0.2) is 19.2 Å². The molecule has 3 nitrogen and oxygen atoms in total. The van der Waals surface area contributed by atoms with Crippen LogP contribution in [0.4, 0.5) is 0 Å². The van der Waals surface area contributed by atoms with Crippen molar-refractivity contribution in [3.8, 4) is 5.75 Å². The van der Waals surface area contributed by atoms with Crippen LogP contribution in [0.5, 0.6) is 5.75 Å². The molecule has 0 bridgehead atoms. The Kier molecular flexibility index (Phi) is 5.12. The minimum Gasteiger partial charge on any atom is -0.490 e. The molecule has 16 heavy (non-hydrogen) atoms. The van der Waals surface area contributed by atoms with Crippen molar-refractivity contribution in [2.45, 2.75) is 13.8 Å². The van der Waals surface area contributed by atoms with Crippen molar-refractivity contribution in [3.63, 3.8) is 0 Å². The third kappa shape index (κ3) is 5.20. The van der Waals surface area contributed by atoms with Crippen molar-refractivity contribution in [2.75, 3.05) is 13.2 Å². The molecule has 0 N–H and O–H groups in total. The third-order valence-corrected chi connectivity index (χ3v) is 1.75. The number of hydrogen-bond donors (Lipinski definition) is 0. The molecule has 1 aromatic rings. The van der Waals surface area contributed by atoms with E-state index in [0.29, 0.717) is 6.61 Å². The summed E-state index contributed by atoms with van der Waals surface area (Å²) in [7, 11) is 0. The zero-order valence-corrected chi connectivity index (χ0v) is 9.60. The third-order valence-electron chi connectivity index (χ3n) is 1.75. The van der Waals surface area contributed by atoms with Gasteiger partial charge in [-0.3, -0.25) is 0 Å². The van der Waals surface area contributed by atoms with Gasteiger partial charge in [-0.05, 0) is 26.0 Å². The van der Waals surface area contributed by atoms with Gasteiger partial charge in [0, 0.05) is 6.08 Å². The van der Waals surface area contributed by atoms with Crippen molar-refractivity contribution in [1.82, 2.24) is 0 Å². The number of carbonyl (C=O) groups excluding carboxylic acids is 1. The van der Waals surface area contributed by atoms with Gasteiger partial charge in [0.1, 0.15) is 19.0 Å². The van der Waals surface area contributed by atoms with E-state index in [9.17, 15) is 4.79 Å². The average molecular weight is 220 g/mol. The molecule has 0 aliphatic heterocycles. The molecule has 1 aromatic carbocycles. The lowest BCUT2D eigenvalue weighted by Crippen LogP contribution is -2.10. The zero-order valence-electron chi connectivity index (χ0n) is 9.60. The predicted molar refractivity (Wildman–Crippen MR) is 62.3 cm³/mol. The Bertz CT molecular complexity index is 351. The fourth-order valence-electron chi connectivity index (χ4n) is 1.10. The second-order valence-electron chi connectivity index (χ2n) is 3.55. The second-order valence-corrected chi connectivity index (χ2v) is 3.55. The molecule has 0 atom stereocenters. The number of esters is 1. The number of para-hydroxylation sites is 1. The molecule has 0 heterocycles. The first kappa shape index (κ1) is 12.3. The molecule has 0 spiro atoms. The van der Waals surface area contributed by atoms with Crippen molar-refractivity contribution < 1.29 is 14.3 Å². The van der Waals surface area contributed by atoms with Crippen LogP contribution in [-0.2, 0) is 9.53 Å². The molecule has 0 fully saturated rings. The number of allylic oxidation sites excluding steroid dienone is 1. The average Bonchev–Trinajstić information content (AvgIpc) is 2.25. The van der Waals surface area contributed by atoms with Gasteiger partial charge in [0.25, 0.3) is 0 Å². The van der Waals surface area contributed by atoms with Crippen LogP contribution in [0, 0.1) is 0 Å². The summed E-state index contributed by atoms with van der Waals surface area (Å²) in [5, 5.41) is 0. The highest BCUT2D eigenvalue weighted by molar-refractivity contribution is 5.82. The second kappa shape index (κ2) is 6.67. The van der Waals surface area contributed by atoms with Gasteiger partial charge in [0.15, 0.2) is 0 Å². The molecule has 0 saturated heterocycles. The van der Waals surface area contributed by atoms with Crippen LogP contribution in [0.2, 0.25) is 0 Å². The molecule has 86 valence electrons. The SMILES string of the molecule is CC(C)=CC(=O)OCCOc1ccccc1. The normalized spacial score (nSPS) is 9.38. The number of benzene rings is 1. The molecule has 0 unspecified atom stereocenters. The minimum atomic E-state index is -0.323. The van der Waals surface area contributed by atoms with E-state index in [0.717, 1.165) is 11.3 Å². The fourth-order valence-corrected chi connectivity index (χ4v) is 1.10.